The summed E-state index contributed by atoms with van der Waals surface area (Å²) in [5, 5.41) is 0. The maximum Gasteiger partial charge on any atom is 0.130 e. The minimum Gasteiger partial charge on any atom is -0.457 e. The molecule has 2 aromatic carbocycles. The summed E-state index contributed by atoms with van der Waals surface area (Å²) in [7, 11) is 0. The Labute approximate surface area is 125 Å². The van der Waals surface area contributed by atoms with Gasteiger partial charge in [-0.2, -0.15) is 0 Å². The Morgan fingerprint density at radius 1 is 0.857 bits per heavy atom. The number of allylic oxidation sites excluding steroid dienone is 2. The Kier molecular flexibility index (Phi) is 3.11. The number of ether oxygens (including phenoxy) is 1. The third-order valence-corrected chi connectivity index (χ3v) is 4.27. The van der Waals surface area contributed by atoms with E-state index in [1.165, 1.54) is 28.7 Å². The minimum absolute atomic E-state index is 1.03. The van der Waals surface area contributed by atoms with Crippen LogP contribution in [0.4, 0.5) is 0 Å². The van der Waals surface area contributed by atoms with Crippen LogP contribution in [0.1, 0.15) is 30.4 Å². The van der Waals surface area contributed by atoms with Crippen LogP contribution in [0.2, 0.25) is 0 Å². The number of para-hydroxylation sites is 1. The van der Waals surface area contributed by atoms with Gasteiger partial charge in [-0.1, -0.05) is 48.5 Å². The Hall–Kier alpha value is -2.28. The maximum absolute atomic E-state index is 6.23. The molecule has 0 amide bonds. The molecule has 2 aromatic rings. The van der Waals surface area contributed by atoms with Gasteiger partial charge in [-0.15, -0.1) is 0 Å². The monoisotopic (exact) mass is 274 g/mol. The number of hydrogen-bond donors (Lipinski definition) is 0. The van der Waals surface area contributed by atoms with E-state index in [2.05, 4.69) is 54.6 Å². The lowest BCUT2D eigenvalue weighted by Crippen LogP contribution is -2.15. The van der Waals surface area contributed by atoms with Crippen molar-refractivity contribution in [1.29, 1.82) is 0 Å². The number of hydrogen-bond acceptors (Lipinski definition) is 1. The highest BCUT2D eigenvalue weighted by Gasteiger charge is 2.25. The van der Waals surface area contributed by atoms with Crippen LogP contribution in [0, 0.1) is 0 Å². The lowest BCUT2D eigenvalue weighted by Gasteiger charge is -2.28. The third-order valence-electron chi connectivity index (χ3n) is 4.27. The predicted molar refractivity (Wildman–Crippen MR) is 86.1 cm³/mol. The van der Waals surface area contributed by atoms with E-state index in [0.29, 0.717) is 0 Å². The van der Waals surface area contributed by atoms with E-state index in [0.717, 1.165) is 30.8 Å². The summed E-state index contributed by atoms with van der Waals surface area (Å²) >= 11 is 0. The molecule has 1 aliphatic heterocycles. The van der Waals surface area contributed by atoms with Crippen molar-refractivity contribution in [2.24, 2.45) is 0 Å². The van der Waals surface area contributed by atoms with Crippen LogP contribution >= 0.6 is 0 Å². The van der Waals surface area contributed by atoms with Gasteiger partial charge >= 0.3 is 0 Å². The first-order valence-electron chi connectivity index (χ1n) is 7.64. The summed E-state index contributed by atoms with van der Waals surface area (Å²) < 4.78 is 6.23. The maximum atomic E-state index is 6.23. The Morgan fingerprint density at radius 2 is 1.67 bits per heavy atom. The number of fused-ring (bicyclic) bond motifs is 1. The second-order valence-corrected chi connectivity index (χ2v) is 5.75. The molecule has 1 heteroatoms. The molecule has 0 saturated heterocycles. The van der Waals surface area contributed by atoms with Crippen molar-refractivity contribution < 1.29 is 4.74 Å². The molecule has 1 aliphatic carbocycles. The molecule has 1 heterocycles. The topological polar surface area (TPSA) is 9.23 Å². The molecular weight excluding hydrogens is 256 g/mol. The van der Waals surface area contributed by atoms with E-state index in [1.807, 2.05) is 6.07 Å². The molecule has 0 N–H and O–H groups in total. The van der Waals surface area contributed by atoms with Crippen molar-refractivity contribution in [2.75, 3.05) is 0 Å². The van der Waals surface area contributed by atoms with Crippen molar-refractivity contribution in [1.82, 2.24) is 0 Å². The molecule has 0 bridgehead atoms. The molecule has 4 rings (SSSR count). The minimum atomic E-state index is 1.03. The fourth-order valence-electron chi connectivity index (χ4n) is 3.23. The summed E-state index contributed by atoms with van der Waals surface area (Å²) in [4.78, 5) is 0. The van der Waals surface area contributed by atoms with Crippen LogP contribution in [0.5, 0.6) is 5.75 Å². The standard InChI is InChI=1S/C20H18O/c1-2-7-15(8-3-1)13-17-10-6-11-18-14-16-9-4-5-12-19(16)21-20(17)18/h1-5,7-9,12-13H,6,10-11,14H2. The van der Waals surface area contributed by atoms with E-state index in [-0.39, 0.29) is 0 Å². The van der Waals surface area contributed by atoms with E-state index in [1.54, 1.807) is 0 Å². The van der Waals surface area contributed by atoms with Crippen molar-refractivity contribution in [3.8, 4) is 5.75 Å². The highest BCUT2D eigenvalue weighted by molar-refractivity contribution is 5.60. The van der Waals surface area contributed by atoms with Crippen LogP contribution < -0.4 is 4.74 Å². The van der Waals surface area contributed by atoms with Crippen LogP contribution in [-0.2, 0) is 6.42 Å². The summed E-state index contributed by atoms with van der Waals surface area (Å²) in [5.74, 6) is 2.15. The summed E-state index contributed by atoms with van der Waals surface area (Å²) in [5.41, 5.74) is 5.38. The van der Waals surface area contributed by atoms with Crippen LogP contribution in [0.15, 0.2) is 71.5 Å². The first-order valence-corrected chi connectivity index (χ1v) is 7.64. The van der Waals surface area contributed by atoms with Gasteiger partial charge in [-0.3, -0.25) is 0 Å². The van der Waals surface area contributed by atoms with Gasteiger partial charge in [0.25, 0.3) is 0 Å². The van der Waals surface area contributed by atoms with Crippen LogP contribution in [-0.4, -0.2) is 0 Å². The predicted octanol–water partition coefficient (Wildman–Crippen LogP) is 5.14. The molecule has 0 radical (unpaired) electrons. The normalized spacial score (nSPS) is 19.0. The Morgan fingerprint density at radius 3 is 2.57 bits per heavy atom. The first-order chi connectivity index (χ1) is 10.4. The summed E-state index contributed by atoms with van der Waals surface area (Å²) in [6.07, 6.45) is 6.81. The summed E-state index contributed by atoms with van der Waals surface area (Å²) in [6.45, 7) is 0. The molecule has 104 valence electrons. The van der Waals surface area contributed by atoms with Gasteiger partial charge in [0.2, 0.25) is 0 Å². The average Bonchev–Trinajstić information content (AvgIpc) is 2.54. The molecule has 1 nitrogen and oxygen atoms in total. The van der Waals surface area contributed by atoms with Gasteiger partial charge in [0, 0.05) is 6.42 Å². The third kappa shape index (κ3) is 2.40. The largest absolute Gasteiger partial charge is 0.457 e. The van der Waals surface area contributed by atoms with Crippen molar-refractivity contribution in [3.05, 3.63) is 82.6 Å². The van der Waals surface area contributed by atoms with Gasteiger partial charge in [0.05, 0.1) is 0 Å². The van der Waals surface area contributed by atoms with Gasteiger partial charge in [-0.05, 0) is 53.7 Å². The van der Waals surface area contributed by atoms with Crippen molar-refractivity contribution in [3.63, 3.8) is 0 Å². The van der Waals surface area contributed by atoms with Gasteiger partial charge in [0.15, 0.2) is 0 Å². The quantitative estimate of drug-likeness (QED) is 0.699. The van der Waals surface area contributed by atoms with E-state index in [9.17, 15) is 0 Å². The molecule has 0 atom stereocenters. The molecule has 21 heavy (non-hydrogen) atoms. The zero-order valence-corrected chi connectivity index (χ0v) is 12.0. The van der Waals surface area contributed by atoms with Gasteiger partial charge in [-0.25, -0.2) is 0 Å². The zero-order valence-electron chi connectivity index (χ0n) is 12.0. The number of rotatable bonds is 1. The van der Waals surface area contributed by atoms with Gasteiger partial charge < -0.3 is 4.74 Å². The Bertz CT molecular complexity index is 723. The second-order valence-electron chi connectivity index (χ2n) is 5.75. The number of benzene rings is 2. The molecule has 0 saturated carbocycles. The lowest BCUT2D eigenvalue weighted by atomic mass is 9.87. The highest BCUT2D eigenvalue weighted by atomic mass is 16.5. The first kappa shape index (κ1) is 12.5. The fourth-order valence-corrected chi connectivity index (χ4v) is 3.23. The Balaban J connectivity index is 1.73. The summed E-state index contributed by atoms with van der Waals surface area (Å²) in [6, 6.07) is 18.9. The molecule has 0 unspecified atom stereocenters. The molecular formula is C20H18O. The van der Waals surface area contributed by atoms with Crippen molar-refractivity contribution >= 4 is 6.08 Å². The molecule has 0 fully saturated rings. The lowest BCUT2D eigenvalue weighted by molar-refractivity contribution is 0.394. The zero-order chi connectivity index (χ0) is 14.1. The van der Waals surface area contributed by atoms with E-state index in [4.69, 9.17) is 4.74 Å². The van der Waals surface area contributed by atoms with Crippen LogP contribution in [0.25, 0.3) is 6.08 Å². The van der Waals surface area contributed by atoms with E-state index >= 15 is 0 Å². The SMILES string of the molecule is C(=C1CCCC2=C1Oc1ccccc1C2)c1ccccc1. The fraction of sp³-hybridized carbons (Fsp3) is 0.200. The average molecular weight is 274 g/mol. The van der Waals surface area contributed by atoms with Crippen molar-refractivity contribution in [2.45, 2.75) is 25.7 Å². The molecule has 0 aromatic heterocycles. The second kappa shape index (κ2) is 5.25. The van der Waals surface area contributed by atoms with Crippen LogP contribution in [0.3, 0.4) is 0 Å². The smallest absolute Gasteiger partial charge is 0.130 e. The van der Waals surface area contributed by atoms with E-state index < -0.39 is 0 Å². The highest BCUT2D eigenvalue weighted by Crippen LogP contribution is 2.39. The molecule has 0 spiro atoms. The van der Waals surface area contributed by atoms with Gasteiger partial charge in [0.1, 0.15) is 11.5 Å². The molecule has 2 aliphatic rings.